The molecule has 0 fully saturated rings. The first-order valence-electron chi connectivity index (χ1n) is 5.63. The number of rotatable bonds is 9. The summed E-state index contributed by atoms with van der Waals surface area (Å²) in [5, 5.41) is 18.5. The number of esters is 1. The van der Waals surface area contributed by atoms with Crippen LogP contribution in [-0.2, 0) is 14.3 Å². The fraction of sp³-hybridized carbons (Fsp3) is 0.750. The summed E-state index contributed by atoms with van der Waals surface area (Å²) in [4.78, 5) is 11.2. The fourth-order valence-corrected chi connectivity index (χ4v) is 1.05. The summed E-state index contributed by atoms with van der Waals surface area (Å²) in [7, 11) is 0. The Bertz CT molecular complexity index is 245. The SMILES string of the molecule is C=C(C)C(=O)OCC(CO)(CO)COCCC. The Hall–Kier alpha value is -0.910. The van der Waals surface area contributed by atoms with E-state index in [4.69, 9.17) is 9.47 Å². The highest BCUT2D eigenvalue weighted by Crippen LogP contribution is 2.17. The monoisotopic (exact) mass is 246 g/mol. The molecule has 0 spiro atoms. The number of carbonyl (C=O) groups excluding carboxylic acids is 1. The molecule has 0 aliphatic heterocycles. The number of hydrogen-bond acceptors (Lipinski definition) is 5. The molecule has 0 saturated heterocycles. The number of aliphatic hydroxyl groups excluding tert-OH is 2. The smallest absolute Gasteiger partial charge is 0.333 e. The maximum atomic E-state index is 11.2. The lowest BCUT2D eigenvalue weighted by Crippen LogP contribution is -2.40. The van der Waals surface area contributed by atoms with Gasteiger partial charge in [-0.05, 0) is 13.3 Å². The molecule has 0 atom stereocenters. The van der Waals surface area contributed by atoms with Crippen molar-refractivity contribution in [2.24, 2.45) is 5.41 Å². The molecule has 100 valence electrons. The van der Waals surface area contributed by atoms with Crippen molar-refractivity contribution in [2.75, 3.05) is 33.0 Å². The predicted octanol–water partition coefficient (Wildman–Crippen LogP) is 0.503. The van der Waals surface area contributed by atoms with Crippen molar-refractivity contribution in [3.63, 3.8) is 0 Å². The fourth-order valence-electron chi connectivity index (χ4n) is 1.05. The van der Waals surface area contributed by atoms with Crippen LogP contribution in [0.5, 0.6) is 0 Å². The molecule has 0 aliphatic carbocycles. The molecule has 5 heteroatoms. The molecule has 0 aliphatic rings. The van der Waals surface area contributed by atoms with E-state index in [0.29, 0.717) is 6.61 Å². The van der Waals surface area contributed by atoms with Gasteiger partial charge in [0.1, 0.15) is 6.61 Å². The minimum absolute atomic E-state index is 0.0879. The predicted molar refractivity (Wildman–Crippen MR) is 63.5 cm³/mol. The van der Waals surface area contributed by atoms with Crippen LogP contribution in [0.2, 0.25) is 0 Å². The van der Waals surface area contributed by atoms with Crippen molar-refractivity contribution in [1.82, 2.24) is 0 Å². The van der Waals surface area contributed by atoms with Gasteiger partial charge in [0.05, 0.1) is 25.2 Å². The first-order chi connectivity index (χ1) is 8.01. The molecular formula is C12H22O5. The van der Waals surface area contributed by atoms with Gasteiger partial charge in [-0.15, -0.1) is 0 Å². The van der Waals surface area contributed by atoms with Crippen LogP contribution in [0.15, 0.2) is 12.2 Å². The van der Waals surface area contributed by atoms with Crippen molar-refractivity contribution in [2.45, 2.75) is 20.3 Å². The van der Waals surface area contributed by atoms with Crippen LogP contribution in [0.1, 0.15) is 20.3 Å². The third-order valence-corrected chi connectivity index (χ3v) is 2.29. The first kappa shape index (κ1) is 16.1. The molecule has 2 N–H and O–H groups in total. The summed E-state index contributed by atoms with van der Waals surface area (Å²) in [5.74, 6) is -0.535. The van der Waals surface area contributed by atoms with Gasteiger partial charge in [-0.25, -0.2) is 4.79 Å². The molecule has 17 heavy (non-hydrogen) atoms. The molecule has 0 heterocycles. The molecular weight excluding hydrogens is 224 g/mol. The van der Waals surface area contributed by atoms with E-state index in [1.54, 1.807) is 0 Å². The Kier molecular flexibility index (Phi) is 7.78. The summed E-state index contributed by atoms with van der Waals surface area (Å²) in [6, 6.07) is 0. The second-order valence-corrected chi connectivity index (χ2v) is 4.23. The Balaban J connectivity index is 4.29. The third kappa shape index (κ3) is 5.81. The van der Waals surface area contributed by atoms with Crippen molar-refractivity contribution in [3.05, 3.63) is 12.2 Å². The van der Waals surface area contributed by atoms with Gasteiger partial charge in [0.15, 0.2) is 0 Å². The van der Waals surface area contributed by atoms with Gasteiger partial charge in [-0.2, -0.15) is 0 Å². The highest BCUT2D eigenvalue weighted by molar-refractivity contribution is 5.86. The van der Waals surface area contributed by atoms with Crippen molar-refractivity contribution in [3.8, 4) is 0 Å². The number of aliphatic hydroxyl groups is 2. The molecule has 0 aromatic heterocycles. The normalized spacial score (nSPS) is 11.3. The Morgan fingerprint density at radius 2 is 1.88 bits per heavy atom. The van der Waals surface area contributed by atoms with E-state index >= 15 is 0 Å². The molecule has 0 radical (unpaired) electrons. The Labute approximate surface area is 102 Å². The van der Waals surface area contributed by atoms with Gasteiger partial charge >= 0.3 is 5.97 Å². The lowest BCUT2D eigenvalue weighted by molar-refractivity contribution is -0.148. The molecule has 5 nitrogen and oxygen atoms in total. The highest BCUT2D eigenvalue weighted by Gasteiger charge is 2.31. The van der Waals surface area contributed by atoms with Gasteiger partial charge in [-0.1, -0.05) is 13.5 Å². The van der Waals surface area contributed by atoms with Gasteiger partial charge in [-0.3, -0.25) is 0 Å². The van der Waals surface area contributed by atoms with E-state index < -0.39 is 11.4 Å². The number of hydrogen-bond donors (Lipinski definition) is 2. The van der Waals surface area contributed by atoms with Crippen LogP contribution in [-0.4, -0.2) is 49.2 Å². The maximum absolute atomic E-state index is 11.2. The van der Waals surface area contributed by atoms with E-state index in [1.165, 1.54) is 6.92 Å². The Morgan fingerprint density at radius 3 is 2.29 bits per heavy atom. The minimum atomic E-state index is -0.944. The van der Waals surface area contributed by atoms with Crippen molar-refractivity contribution in [1.29, 1.82) is 0 Å². The molecule has 0 saturated carbocycles. The summed E-state index contributed by atoms with van der Waals surface area (Å²) >= 11 is 0. The van der Waals surface area contributed by atoms with Gasteiger partial charge in [0.25, 0.3) is 0 Å². The number of carbonyl (C=O) groups is 1. The molecule has 0 aromatic rings. The minimum Gasteiger partial charge on any atom is -0.461 e. The quantitative estimate of drug-likeness (QED) is 0.352. The molecule has 0 unspecified atom stereocenters. The second-order valence-electron chi connectivity index (χ2n) is 4.23. The summed E-state index contributed by atoms with van der Waals surface area (Å²) in [6.07, 6.45) is 0.846. The van der Waals surface area contributed by atoms with Gasteiger partial charge < -0.3 is 19.7 Å². The van der Waals surface area contributed by atoms with E-state index in [1.807, 2.05) is 6.92 Å². The van der Waals surface area contributed by atoms with Crippen molar-refractivity contribution < 1.29 is 24.5 Å². The van der Waals surface area contributed by atoms with Crippen LogP contribution in [0.4, 0.5) is 0 Å². The largest absolute Gasteiger partial charge is 0.461 e. The van der Waals surface area contributed by atoms with Crippen LogP contribution in [0.25, 0.3) is 0 Å². The third-order valence-electron chi connectivity index (χ3n) is 2.29. The zero-order valence-electron chi connectivity index (χ0n) is 10.6. The average Bonchev–Trinajstić information content (AvgIpc) is 2.33. The highest BCUT2D eigenvalue weighted by atomic mass is 16.5. The van der Waals surface area contributed by atoms with E-state index in [2.05, 4.69) is 6.58 Å². The lowest BCUT2D eigenvalue weighted by atomic mass is 9.92. The molecule has 0 amide bonds. The van der Waals surface area contributed by atoms with Crippen LogP contribution < -0.4 is 0 Å². The summed E-state index contributed by atoms with van der Waals surface area (Å²) in [5.41, 5.74) is -0.662. The van der Waals surface area contributed by atoms with Crippen LogP contribution >= 0.6 is 0 Å². The first-order valence-corrected chi connectivity index (χ1v) is 5.63. The van der Waals surface area contributed by atoms with E-state index in [0.717, 1.165) is 6.42 Å². The topological polar surface area (TPSA) is 76.0 Å². The lowest BCUT2D eigenvalue weighted by Gasteiger charge is -2.28. The van der Waals surface area contributed by atoms with Crippen molar-refractivity contribution >= 4 is 5.97 Å². The standard InChI is InChI=1S/C12H22O5/c1-4-5-16-8-12(6-13,7-14)9-17-11(15)10(2)3/h13-14H,2,4-9H2,1,3H3. The Morgan fingerprint density at radius 1 is 1.29 bits per heavy atom. The number of ether oxygens (including phenoxy) is 2. The van der Waals surface area contributed by atoms with Crippen LogP contribution in [0.3, 0.4) is 0 Å². The second kappa shape index (κ2) is 8.22. The molecule has 0 aromatic carbocycles. The van der Waals surface area contributed by atoms with Crippen LogP contribution in [0, 0.1) is 5.41 Å². The average molecular weight is 246 g/mol. The van der Waals surface area contributed by atoms with Gasteiger partial charge in [0, 0.05) is 12.2 Å². The van der Waals surface area contributed by atoms with E-state index in [9.17, 15) is 15.0 Å². The maximum Gasteiger partial charge on any atom is 0.333 e. The molecule has 0 bridgehead atoms. The summed E-state index contributed by atoms with van der Waals surface area (Å²) < 4.78 is 10.2. The summed E-state index contributed by atoms with van der Waals surface area (Å²) in [6.45, 7) is 6.93. The zero-order chi connectivity index (χ0) is 13.3. The van der Waals surface area contributed by atoms with Gasteiger partial charge in [0.2, 0.25) is 0 Å². The molecule has 0 rings (SSSR count). The zero-order valence-corrected chi connectivity index (χ0v) is 10.6. The van der Waals surface area contributed by atoms with E-state index in [-0.39, 0.29) is 32.0 Å².